The first-order valence-corrected chi connectivity index (χ1v) is 10.5. The van der Waals surface area contributed by atoms with Crippen molar-refractivity contribution in [2.45, 2.75) is 31.8 Å². The number of carbonyl (C=O) groups is 1. The van der Waals surface area contributed by atoms with E-state index in [1.54, 1.807) is 7.11 Å². The van der Waals surface area contributed by atoms with Crippen LogP contribution in [0.3, 0.4) is 0 Å². The molecule has 1 saturated heterocycles. The summed E-state index contributed by atoms with van der Waals surface area (Å²) in [5.41, 5.74) is 0.836. The van der Waals surface area contributed by atoms with Crippen molar-refractivity contribution in [2.75, 3.05) is 13.9 Å². The molecule has 2 heterocycles. The van der Waals surface area contributed by atoms with E-state index in [2.05, 4.69) is 44.8 Å². The predicted molar refractivity (Wildman–Crippen MR) is 105 cm³/mol. The number of Topliss-reactive ketones (excluding diaryl/α,β-unsaturated/α-hetero) is 1. The molecule has 5 rings (SSSR count). The summed E-state index contributed by atoms with van der Waals surface area (Å²) in [5, 5.41) is 0. The van der Waals surface area contributed by atoms with Gasteiger partial charge in [0.2, 0.25) is 12.6 Å². The van der Waals surface area contributed by atoms with Crippen LogP contribution in [0, 0.1) is 11.3 Å². The molecular weight excluding hydrogens is 480 g/mol. The molecule has 5 nitrogen and oxygen atoms in total. The highest BCUT2D eigenvalue weighted by atomic mass is 79.9. The normalized spacial score (nSPS) is 33.6. The summed E-state index contributed by atoms with van der Waals surface area (Å²) in [4.78, 5) is 12.5. The summed E-state index contributed by atoms with van der Waals surface area (Å²) in [6, 6.07) is 4.05. The van der Waals surface area contributed by atoms with Gasteiger partial charge in [0.05, 0.1) is 12.5 Å². The van der Waals surface area contributed by atoms with Crippen LogP contribution in [-0.2, 0) is 14.3 Å². The van der Waals surface area contributed by atoms with E-state index >= 15 is 0 Å². The highest BCUT2D eigenvalue weighted by molar-refractivity contribution is 9.12. The van der Waals surface area contributed by atoms with Crippen LogP contribution < -0.4 is 9.47 Å². The summed E-state index contributed by atoms with van der Waals surface area (Å²) in [7, 11) is 1.54. The summed E-state index contributed by atoms with van der Waals surface area (Å²) < 4.78 is 24.2. The molecule has 0 N–H and O–H groups in total. The second-order valence-electron chi connectivity index (χ2n) is 7.53. The molecule has 1 spiro atoms. The van der Waals surface area contributed by atoms with Gasteiger partial charge >= 0.3 is 0 Å². The number of ketones is 1. The SMILES string of the molecule is COC1=C[C@]23C[C@H](C[C@H](c4cc5c(cc4Br)OCO5)[C@H]2C)OC3=C(Br)C1=O. The van der Waals surface area contributed by atoms with Crippen LogP contribution in [0.1, 0.15) is 31.2 Å². The monoisotopic (exact) mass is 496 g/mol. The lowest BCUT2D eigenvalue weighted by molar-refractivity contribution is -0.115. The minimum absolute atomic E-state index is 0.0614. The number of fused-ring (bicyclic) bond motifs is 2. The standard InChI is InChI=1S/C20H18Br2O5/c1-9-11(12-4-14-15(5-13(12)21)26-8-25-14)3-10-6-20(9)7-16(24-2)18(23)17(22)19(20)27-10/h4-5,7,9-11H,3,6,8H2,1-2H3/t9-,10+,11+,20-/m1/s1. The molecule has 142 valence electrons. The maximum Gasteiger partial charge on any atom is 0.237 e. The molecule has 2 aliphatic heterocycles. The average molecular weight is 498 g/mol. The van der Waals surface area contributed by atoms with Crippen molar-refractivity contribution in [3.63, 3.8) is 0 Å². The van der Waals surface area contributed by atoms with Crippen LogP contribution in [0.15, 0.2) is 38.7 Å². The van der Waals surface area contributed by atoms with Gasteiger partial charge in [0.1, 0.15) is 16.3 Å². The van der Waals surface area contributed by atoms with Gasteiger partial charge < -0.3 is 18.9 Å². The Morgan fingerprint density at radius 1 is 1.22 bits per heavy atom. The van der Waals surface area contributed by atoms with E-state index in [4.69, 9.17) is 18.9 Å². The number of carbonyl (C=O) groups excluding carboxylic acids is 1. The van der Waals surface area contributed by atoms with Gasteiger partial charge in [0.25, 0.3) is 0 Å². The van der Waals surface area contributed by atoms with Crippen molar-refractivity contribution >= 4 is 37.6 Å². The minimum atomic E-state index is -0.346. The lowest BCUT2D eigenvalue weighted by atomic mass is 9.59. The molecular formula is C20H18Br2O5. The Morgan fingerprint density at radius 3 is 2.70 bits per heavy atom. The minimum Gasteiger partial charge on any atom is -0.493 e. The molecule has 4 aliphatic rings. The van der Waals surface area contributed by atoms with Crippen LogP contribution >= 0.6 is 31.9 Å². The molecule has 1 aromatic carbocycles. The number of ether oxygens (including phenoxy) is 4. The summed E-state index contributed by atoms with van der Waals surface area (Å²) in [5.74, 6) is 2.98. The van der Waals surface area contributed by atoms with Crippen molar-refractivity contribution < 1.29 is 23.7 Å². The molecule has 1 saturated carbocycles. The number of halogens is 2. The third-order valence-corrected chi connectivity index (χ3v) is 7.74. The number of allylic oxidation sites excluding steroid dienone is 2. The molecule has 0 unspecified atom stereocenters. The van der Waals surface area contributed by atoms with Crippen molar-refractivity contribution in [2.24, 2.45) is 11.3 Å². The van der Waals surface area contributed by atoms with E-state index in [9.17, 15) is 4.79 Å². The maximum absolute atomic E-state index is 12.5. The van der Waals surface area contributed by atoms with Crippen LogP contribution in [0.4, 0.5) is 0 Å². The third kappa shape index (κ3) is 2.37. The highest BCUT2D eigenvalue weighted by Crippen LogP contribution is 2.63. The van der Waals surface area contributed by atoms with Gasteiger partial charge in [0, 0.05) is 10.9 Å². The van der Waals surface area contributed by atoms with Gasteiger partial charge in [-0.05, 0) is 58.0 Å². The van der Waals surface area contributed by atoms with Gasteiger partial charge in [0.15, 0.2) is 17.3 Å². The number of hydrogen-bond acceptors (Lipinski definition) is 5. The van der Waals surface area contributed by atoms with Gasteiger partial charge in [-0.1, -0.05) is 22.9 Å². The zero-order chi connectivity index (χ0) is 18.9. The Kier molecular flexibility index (Phi) is 3.92. The fourth-order valence-electron chi connectivity index (χ4n) is 4.95. The van der Waals surface area contributed by atoms with Crippen LogP contribution in [-0.4, -0.2) is 25.8 Å². The molecule has 2 fully saturated rings. The number of rotatable bonds is 2. The largest absolute Gasteiger partial charge is 0.493 e. The fraction of sp³-hybridized carbons (Fsp3) is 0.450. The molecule has 1 aromatic rings. The van der Waals surface area contributed by atoms with Crippen molar-refractivity contribution in [3.8, 4) is 11.5 Å². The Labute approximate surface area is 173 Å². The highest BCUT2D eigenvalue weighted by Gasteiger charge is 2.58. The first kappa shape index (κ1) is 17.6. The van der Waals surface area contributed by atoms with Gasteiger partial charge in [-0.2, -0.15) is 0 Å². The Hall–Kier alpha value is -1.47. The smallest absolute Gasteiger partial charge is 0.237 e. The summed E-state index contributed by atoms with van der Waals surface area (Å²) in [6.07, 6.45) is 3.78. The fourth-order valence-corrected chi connectivity index (χ4v) is 6.22. The Bertz CT molecular complexity index is 921. The zero-order valence-electron chi connectivity index (χ0n) is 14.9. The third-order valence-electron chi connectivity index (χ3n) is 6.33. The molecule has 0 radical (unpaired) electrons. The second-order valence-corrected chi connectivity index (χ2v) is 9.17. The van der Waals surface area contributed by atoms with Gasteiger partial charge in [-0.25, -0.2) is 0 Å². The van der Waals surface area contributed by atoms with E-state index in [1.165, 1.54) is 5.56 Å². The quantitative estimate of drug-likeness (QED) is 0.587. The molecule has 4 atom stereocenters. The van der Waals surface area contributed by atoms with Crippen molar-refractivity contribution in [1.82, 2.24) is 0 Å². The van der Waals surface area contributed by atoms with Crippen LogP contribution in [0.5, 0.6) is 11.5 Å². The van der Waals surface area contributed by atoms with E-state index in [0.717, 1.165) is 34.6 Å². The summed E-state index contributed by atoms with van der Waals surface area (Å²) in [6.45, 7) is 2.48. The molecule has 2 aliphatic carbocycles. The molecule has 0 aromatic heterocycles. The van der Waals surface area contributed by atoms with Crippen LogP contribution in [0.2, 0.25) is 0 Å². The number of benzene rings is 1. The maximum atomic E-state index is 12.5. The lowest BCUT2D eigenvalue weighted by Crippen LogP contribution is -2.38. The van der Waals surface area contributed by atoms with Crippen LogP contribution in [0.25, 0.3) is 0 Å². The van der Waals surface area contributed by atoms with E-state index in [1.807, 2.05) is 12.1 Å². The van der Waals surface area contributed by atoms with Gasteiger partial charge in [-0.3, -0.25) is 4.79 Å². The average Bonchev–Trinajstić information content (AvgIpc) is 3.23. The lowest BCUT2D eigenvalue weighted by Gasteiger charge is -2.42. The van der Waals surface area contributed by atoms with Crippen molar-refractivity contribution in [3.05, 3.63) is 44.2 Å². The topological polar surface area (TPSA) is 54.0 Å². The number of methoxy groups -OCH3 is 1. The molecule has 27 heavy (non-hydrogen) atoms. The Morgan fingerprint density at radius 2 is 1.96 bits per heavy atom. The van der Waals surface area contributed by atoms with E-state index < -0.39 is 0 Å². The molecule has 0 amide bonds. The van der Waals surface area contributed by atoms with E-state index in [0.29, 0.717) is 10.2 Å². The van der Waals surface area contributed by atoms with Crippen molar-refractivity contribution in [1.29, 1.82) is 0 Å². The Balaban J connectivity index is 1.62. The van der Waals surface area contributed by atoms with E-state index in [-0.39, 0.29) is 35.9 Å². The second kappa shape index (κ2) is 6.01. The zero-order valence-corrected chi connectivity index (χ0v) is 18.1. The van der Waals surface area contributed by atoms with Gasteiger partial charge in [-0.15, -0.1) is 0 Å². The molecule has 2 bridgehead atoms. The molecule has 7 heteroatoms. The first-order chi connectivity index (χ1) is 12.9. The summed E-state index contributed by atoms with van der Waals surface area (Å²) >= 11 is 7.18. The predicted octanol–water partition coefficient (Wildman–Crippen LogP) is 4.80. The number of hydrogen-bond donors (Lipinski definition) is 0. The first-order valence-electron chi connectivity index (χ1n) is 8.92.